The fourth-order valence-electron chi connectivity index (χ4n) is 1.53. The van der Waals surface area contributed by atoms with E-state index in [2.05, 4.69) is 460 Å². The zero-order valence-corrected chi connectivity index (χ0v) is 40.0. The summed E-state index contributed by atoms with van der Waals surface area (Å²) in [7, 11) is 0. The molecule has 89 heteroatoms. The molecule has 0 aliphatic heterocycles. The molecular weight excluding hydrogens is 1250 g/mol. The van der Waals surface area contributed by atoms with Crippen LogP contribution in [0, 0.1) is 5.53 Å². The highest BCUT2D eigenvalue weighted by Crippen LogP contribution is 1.97. The first-order chi connectivity index (χ1) is 44.4. The van der Waals surface area contributed by atoms with Gasteiger partial charge in [0.25, 0.3) is 0 Å². The zero-order chi connectivity index (χ0) is 63.5. The molecule has 0 spiro atoms. The Bertz CT molecular complexity index is 3210. The van der Waals surface area contributed by atoms with Crippen molar-refractivity contribution in [2.45, 2.75) is 0 Å². The lowest BCUT2D eigenvalue weighted by molar-refractivity contribution is 0.723. The van der Waals surface area contributed by atoms with Crippen LogP contribution in [0.3, 0.4) is 0 Å². The van der Waals surface area contributed by atoms with Crippen molar-refractivity contribution in [2.24, 2.45) is 460 Å². The second-order valence-electron chi connectivity index (χ2n) is 7.82. The Hall–Kier alpha value is -17.8. The average Bonchev–Trinajstić information content (AvgIpc) is 3.54. The Morgan fingerprint density at radius 1 is 0.0899 bits per heavy atom. The summed E-state index contributed by atoms with van der Waals surface area (Å²) in [5, 5.41) is 259. The van der Waals surface area contributed by atoms with E-state index in [1.54, 1.807) is 0 Å². The van der Waals surface area contributed by atoms with E-state index in [1.165, 1.54) is 0 Å². The van der Waals surface area contributed by atoms with E-state index in [0.29, 0.717) is 0 Å². The molecule has 0 atom stereocenters. The van der Waals surface area contributed by atoms with Crippen molar-refractivity contribution in [3.8, 4) is 0 Å². The van der Waals surface area contributed by atoms with Crippen LogP contribution < -0.4 is 5.84 Å². The number of nitrogens with zero attached hydrogens (tertiary/aromatic N) is 87. The molecule has 89 nitrogen and oxygen atoms in total. The van der Waals surface area contributed by atoms with Crippen LogP contribution in [0.4, 0.5) is 0 Å². The fourth-order valence-corrected chi connectivity index (χ4v) is 1.53. The average molecular weight is 1250 g/mol. The van der Waals surface area contributed by atoms with Crippen molar-refractivity contribution in [2.75, 3.05) is 0 Å². The Labute approximate surface area is 466 Å². The molecule has 0 aromatic rings. The molecular formula is H3N89. The standard InChI is InChI=1S/H3N89/c1-3-5-7-9-11-13-15-17-19-21-23-25-27-29-31-33-35-37-39-41-43-45-47-49-51-53-55-57-59-61-63-65-67-69-71-73-75-77-79-81-83-85-87-89-88-86-84-82-80-78-76-74-72-70-68-66-64-62-60-58-56-54-52-50-48-46-44-42-40-38-36-34-32-30-28-26-24-22-20-18-16-14-12-10-8-6-4-2/h(H3,1,2,5,6,9,10,13,14,17,18,21,22,25,26,29,30,33,34,37,38,41,42,45,46,49,50,53,54,57,58,61,62,65,66,69,70,73,74,77,78,81,82,85,86,89). The van der Waals surface area contributed by atoms with Gasteiger partial charge in [-0.2, -0.15) is 5.53 Å². The molecule has 0 aliphatic rings. The Balaban J connectivity index is 4.11. The van der Waals surface area contributed by atoms with E-state index >= 15 is 0 Å². The predicted molar refractivity (Wildman–Crippen MR) is 218 cm³/mol. The summed E-state index contributed by atoms with van der Waals surface area (Å²) in [6.45, 7) is 0. The molecule has 0 heterocycles. The van der Waals surface area contributed by atoms with E-state index in [-0.39, 0.29) is 0 Å². The molecule has 0 aromatic heterocycles. The Morgan fingerprint density at radius 2 is 0.146 bits per heavy atom. The van der Waals surface area contributed by atoms with Gasteiger partial charge in [0.2, 0.25) is 0 Å². The third-order valence-corrected chi connectivity index (χ3v) is 3.46. The molecule has 0 amide bonds. The van der Waals surface area contributed by atoms with Gasteiger partial charge in [-0.1, -0.05) is 5.22 Å². The fraction of sp³-hybridized carbons (Fsp3) is 0. The lowest BCUT2D eigenvalue weighted by Crippen LogP contribution is -1.70. The van der Waals surface area contributed by atoms with Gasteiger partial charge in [-0.3, -0.25) is 0 Å². The minimum Gasteiger partial charge on any atom is -0.303 e. The van der Waals surface area contributed by atoms with Crippen LogP contribution in [0.25, 0.3) is 0 Å². The van der Waals surface area contributed by atoms with Gasteiger partial charge >= 0.3 is 0 Å². The minimum absolute atomic E-state index is 2.50. The summed E-state index contributed by atoms with van der Waals surface area (Å²) >= 11 is 0. The lowest BCUT2D eigenvalue weighted by Gasteiger charge is -1.71. The largest absolute Gasteiger partial charge is 0.303 e. The van der Waals surface area contributed by atoms with E-state index in [1.807, 2.05) is 0 Å². The number of nitrogens with one attached hydrogen (secondary N) is 1. The summed E-state index contributed by atoms with van der Waals surface area (Å²) in [6.07, 6.45) is 0. The van der Waals surface area contributed by atoms with Crippen LogP contribution in [0.2, 0.25) is 0 Å². The second kappa shape index (κ2) is 70.2. The molecule has 0 radical (unpaired) electrons. The van der Waals surface area contributed by atoms with Crippen molar-refractivity contribution in [1.82, 2.24) is 0 Å². The smallest absolute Gasteiger partial charge is 0 e. The highest BCUT2D eigenvalue weighted by atomic mass is 15.8. The highest BCUT2D eigenvalue weighted by molar-refractivity contribution is 4.22. The van der Waals surface area contributed by atoms with Gasteiger partial charge in [0, 0.05) is 371 Å². The lowest BCUT2D eigenvalue weighted by atomic mass is 12.3. The second-order valence-corrected chi connectivity index (χ2v) is 7.82. The van der Waals surface area contributed by atoms with Gasteiger partial charge in [0.1, 0.15) is 0 Å². The summed E-state index contributed by atoms with van der Waals surface area (Å²) in [6, 6.07) is 0. The van der Waals surface area contributed by atoms with E-state index < -0.39 is 0 Å². The number of rotatable bonds is 43. The van der Waals surface area contributed by atoms with Crippen molar-refractivity contribution in [3.63, 3.8) is 0 Å². The van der Waals surface area contributed by atoms with Crippen LogP contribution in [0.5, 0.6) is 0 Å². The van der Waals surface area contributed by atoms with E-state index in [9.17, 15) is 0 Å². The van der Waals surface area contributed by atoms with Crippen LogP contribution in [0.1, 0.15) is 0 Å². The summed E-state index contributed by atoms with van der Waals surface area (Å²) in [4.78, 5) is 0. The Morgan fingerprint density at radius 3 is 0.202 bits per heavy atom. The van der Waals surface area contributed by atoms with Gasteiger partial charge < -0.3 is 5.84 Å². The van der Waals surface area contributed by atoms with Gasteiger partial charge in [-0.25, -0.2) is 0 Å². The molecule has 0 saturated heterocycles. The van der Waals surface area contributed by atoms with Gasteiger partial charge in [0.15, 0.2) is 0 Å². The first-order valence-electron chi connectivity index (χ1n) is 17.7. The molecule has 0 fully saturated rings. The van der Waals surface area contributed by atoms with E-state index in [4.69, 9.17) is 5.53 Å². The normalized spacial score (nSPS) is 15.6. The highest BCUT2D eigenvalue weighted by Gasteiger charge is 1.79. The number of nitrogens with two attached hydrogens (primary N) is 1. The summed E-state index contributed by atoms with van der Waals surface area (Å²) in [5.74, 6) is 4.63. The monoisotopic (exact) mass is 1250 g/mol. The Kier molecular flexibility index (Phi) is 56.2. The molecule has 89 heavy (non-hydrogen) atoms. The van der Waals surface area contributed by atoms with Gasteiger partial charge in [-0.05, 0) is 78.3 Å². The summed E-state index contributed by atoms with van der Waals surface area (Å²) in [5.41, 5.74) is 6.27. The maximum atomic E-state index is 6.27. The van der Waals surface area contributed by atoms with Crippen molar-refractivity contribution in [1.29, 1.82) is 5.53 Å². The molecule has 0 aliphatic carbocycles. The van der Waals surface area contributed by atoms with Crippen molar-refractivity contribution >= 4 is 0 Å². The maximum absolute atomic E-state index is 6.27. The number of hydrogen-bond donors (Lipinski definition) is 2. The summed E-state index contributed by atoms with van der Waals surface area (Å²) < 4.78 is 0. The van der Waals surface area contributed by atoms with Crippen LogP contribution in [0.15, 0.2) is 454 Å². The SMILES string of the molecule is N=N/N=N/N=N/N=N/N=N/N=N/N=N/N=N/N=N/N=N/N=N/N=N/N=N/N=N/N=N/N=N/N=N/N=N/N=N/N=N/N=N/N=N/N=N/N=N/N=N/N=N/N=N/N=N/N=N/N=N/N=N/N=N/N=N/N=N/N=N/N=N/N=N/N=N/N=N/N=N/N=N/N=N/N=N/N=N/N. The molecule has 0 bridgehead atoms. The quantitative estimate of drug-likeness (QED) is 0.0336. The van der Waals surface area contributed by atoms with Crippen LogP contribution in [-0.4, -0.2) is 0 Å². The topological polar surface area (TPSA) is 1130 Å². The predicted octanol–water partition coefficient (Wildman–Crippen LogP) is 15.7. The van der Waals surface area contributed by atoms with Crippen LogP contribution >= 0.6 is 0 Å². The minimum atomic E-state index is 2.50. The van der Waals surface area contributed by atoms with Crippen molar-refractivity contribution in [3.05, 3.63) is 0 Å². The third-order valence-electron chi connectivity index (χ3n) is 3.46. The molecule has 0 rings (SSSR count). The van der Waals surface area contributed by atoms with Gasteiger partial charge in [-0.15, -0.1) is 0 Å². The molecule has 0 saturated carbocycles. The number of hydrogen-bond acceptors (Lipinski definition) is 2. The molecule has 0 unspecified atom stereocenters. The van der Waals surface area contributed by atoms with Gasteiger partial charge in [0.05, 0.1) is 0 Å². The third kappa shape index (κ3) is 70.2. The molecule has 0 aromatic carbocycles. The zero-order valence-electron chi connectivity index (χ0n) is 40.0. The first-order valence-corrected chi connectivity index (χ1v) is 17.7. The van der Waals surface area contributed by atoms with E-state index in [0.717, 1.165) is 0 Å². The maximum Gasteiger partial charge on any atom is 0 e. The first kappa shape index (κ1) is 71.2. The molecule has 448 valence electrons. The molecule has 3 N–H and O–H groups in total. The van der Waals surface area contributed by atoms with Crippen molar-refractivity contribution < 1.29 is 0 Å². The van der Waals surface area contributed by atoms with Crippen LogP contribution in [-0.2, 0) is 0 Å².